The highest BCUT2D eigenvalue weighted by atomic mass is 16.4. The molecule has 3 heteroatoms. The summed E-state index contributed by atoms with van der Waals surface area (Å²) in [5.74, 6) is 6.99. The van der Waals surface area contributed by atoms with Gasteiger partial charge in [0.25, 0.3) is 5.89 Å². The number of aryl methyl sites for hydroxylation is 1. The van der Waals surface area contributed by atoms with Crippen LogP contribution >= 0.6 is 0 Å². The van der Waals surface area contributed by atoms with Crippen LogP contribution in [0.4, 0.5) is 0 Å². The molecule has 0 spiro atoms. The van der Waals surface area contributed by atoms with Crippen molar-refractivity contribution in [1.29, 1.82) is 0 Å². The molecule has 1 aromatic heterocycles. The summed E-state index contributed by atoms with van der Waals surface area (Å²) in [6, 6.07) is 0. The minimum absolute atomic E-state index is 0.335. The molecule has 11 heavy (non-hydrogen) atoms. The van der Waals surface area contributed by atoms with E-state index in [4.69, 9.17) is 4.42 Å². The summed E-state index contributed by atoms with van der Waals surface area (Å²) in [6.07, 6.45) is 0. The minimum atomic E-state index is 0.335. The summed E-state index contributed by atoms with van der Waals surface area (Å²) in [4.78, 5) is 0. The van der Waals surface area contributed by atoms with Crippen LogP contribution in [-0.2, 0) is 0 Å². The van der Waals surface area contributed by atoms with Crippen molar-refractivity contribution in [3.63, 3.8) is 0 Å². The number of rotatable bonds is 0. The van der Waals surface area contributed by atoms with Crippen LogP contribution in [0.1, 0.15) is 25.6 Å². The van der Waals surface area contributed by atoms with Gasteiger partial charge in [0, 0.05) is 12.8 Å². The largest absolute Gasteiger partial charge is 0.415 e. The Kier molecular flexibility index (Phi) is 2.27. The zero-order valence-corrected chi connectivity index (χ0v) is 6.88. The van der Waals surface area contributed by atoms with Gasteiger partial charge in [-0.25, -0.2) is 0 Å². The van der Waals surface area contributed by atoms with Gasteiger partial charge in [-0.05, 0) is 5.92 Å². The smallest absolute Gasteiger partial charge is 0.293 e. The van der Waals surface area contributed by atoms with Crippen molar-refractivity contribution in [1.82, 2.24) is 10.2 Å². The molecule has 58 valence electrons. The molecule has 0 saturated heterocycles. The normalized spacial score (nSPS) is 9.45. The summed E-state index contributed by atoms with van der Waals surface area (Å²) in [7, 11) is 0. The molecule has 0 unspecified atom stereocenters. The fourth-order valence-corrected chi connectivity index (χ4v) is 0.553. The van der Waals surface area contributed by atoms with E-state index in [0.717, 1.165) is 0 Å². The van der Waals surface area contributed by atoms with Crippen LogP contribution < -0.4 is 0 Å². The van der Waals surface area contributed by atoms with Gasteiger partial charge in [-0.2, -0.15) is 0 Å². The predicted octanol–water partition coefficient (Wildman–Crippen LogP) is 1.39. The Morgan fingerprint density at radius 2 is 2.09 bits per heavy atom. The maximum atomic E-state index is 5.04. The Bertz CT molecular complexity index is 291. The third-order valence-corrected chi connectivity index (χ3v) is 0.994. The second-order valence-corrected chi connectivity index (χ2v) is 2.55. The van der Waals surface area contributed by atoms with Crippen LogP contribution in [0.5, 0.6) is 0 Å². The standard InChI is InChI=1S/C8H10N2O/c1-6(2)4-5-8-10-9-7(3)11-8/h6H,1-3H3. The van der Waals surface area contributed by atoms with Crippen molar-refractivity contribution < 1.29 is 4.42 Å². The van der Waals surface area contributed by atoms with E-state index >= 15 is 0 Å². The number of aromatic nitrogens is 2. The fraction of sp³-hybridized carbons (Fsp3) is 0.500. The van der Waals surface area contributed by atoms with Gasteiger partial charge in [-0.15, -0.1) is 5.10 Å². The van der Waals surface area contributed by atoms with Crippen molar-refractivity contribution in [2.45, 2.75) is 20.8 Å². The molecule has 3 nitrogen and oxygen atoms in total. The molecule has 0 atom stereocenters. The van der Waals surface area contributed by atoms with Crippen LogP contribution in [0, 0.1) is 24.7 Å². The van der Waals surface area contributed by atoms with Gasteiger partial charge < -0.3 is 4.42 Å². The van der Waals surface area contributed by atoms with Crippen molar-refractivity contribution in [3.8, 4) is 11.8 Å². The third-order valence-electron chi connectivity index (χ3n) is 0.994. The first-order chi connectivity index (χ1) is 5.18. The first-order valence-electron chi connectivity index (χ1n) is 3.50. The number of hydrogen-bond donors (Lipinski definition) is 0. The highest BCUT2D eigenvalue weighted by Crippen LogP contribution is 1.95. The molecule has 0 aliphatic heterocycles. The Morgan fingerprint density at radius 3 is 2.55 bits per heavy atom. The SMILES string of the molecule is Cc1nnc(C#CC(C)C)o1. The van der Waals surface area contributed by atoms with Gasteiger partial charge in [0.05, 0.1) is 0 Å². The van der Waals surface area contributed by atoms with Gasteiger partial charge >= 0.3 is 0 Å². The van der Waals surface area contributed by atoms with E-state index < -0.39 is 0 Å². The number of hydrogen-bond acceptors (Lipinski definition) is 3. The van der Waals surface area contributed by atoms with Gasteiger partial charge in [0.1, 0.15) is 0 Å². The predicted molar refractivity (Wildman–Crippen MR) is 40.8 cm³/mol. The molecule has 0 radical (unpaired) electrons. The summed E-state index contributed by atoms with van der Waals surface area (Å²) in [5.41, 5.74) is 0. The maximum Gasteiger partial charge on any atom is 0.293 e. The van der Waals surface area contributed by atoms with E-state index in [0.29, 0.717) is 17.7 Å². The van der Waals surface area contributed by atoms with E-state index in [1.807, 2.05) is 13.8 Å². The first kappa shape index (κ1) is 7.80. The van der Waals surface area contributed by atoms with E-state index in [1.54, 1.807) is 6.92 Å². The molecule has 0 aromatic carbocycles. The molecule has 0 fully saturated rings. The van der Waals surface area contributed by atoms with Crippen LogP contribution in [0.2, 0.25) is 0 Å². The lowest BCUT2D eigenvalue weighted by Crippen LogP contribution is -1.79. The summed E-state index contributed by atoms with van der Waals surface area (Å²) in [6.45, 7) is 5.76. The minimum Gasteiger partial charge on any atom is -0.415 e. The van der Waals surface area contributed by atoms with Crippen LogP contribution in [-0.4, -0.2) is 10.2 Å². The average Bonchev–Trinajstić information content (AvgIpc) is 2.31. The Morgan fingerprint density at radius 1 is 1.36 bits per heavy atom. The Labute approximate surface area is 65.8 Å². The van der Waals surface area contributed by atoms with E-state index in [9.17, 15) is 0 Å². The van der Waals surface area contributed by atoms with E-state index in [1.165, 1.54) is 0 Å². The Hall–Kier alpha value is -1.30. The van der Waals surface area contributed by atoms with Crippen LogP contribution in [0.25, 0.3) is 0 Å². The lowest BCUT2D eigenvalue weighted by molar-refractivity contribution is 0.507. The molecule has 0 bridgehead atoms. The molecule has 0 aliphatic rings. The van der Waals surface area contributed by atoms with Crippen LogP contribution in [0.15, 0.2) is 4.42 Å². The molecular weight excluding hydrogens is 140 g/mol. The van der Waals surface area contributed by atoms with Crippen molar-refractivity contribution >= 4 is 0 Å². The molecular formula is C8H10N2O. The fourth-order valence-electron chi connectivity index (χ4n) is 0.553. The molecule has 0 aliphatic carbocycles. The van der Waals surface area contributed by atoms with Gasteiger partial charge in [0.15, 0.2) is 0 Å². The molecule has 0 N–H and O–H groups in total. The van der Waals surface area contributed by atoms with Gasteiger partial charge in [-0.3, -0.25) is 0 Å². The molecule has 1 rings (SSSR count). The second-order valence-electron chi connectivity index (χ2n) is 2.55. The second kappa shape index (κ2) is 3.20. The van der Waals surface area contributed by atoms with E-state index in [-0.39, 0.29) is 0 Å². The average molecular weight is 150 g/mol. The molecule has 1 aromatic rings. The van der Waals surface area contributed by atoms with Gasteiger partial charge in [-0.1, -0.05) is 24.9 Å². The lowest BCUT2D eigenvalue weighted by Gasteiger charge is -1.83. The number of nitrogens with zero attached hydrogens (tertiary/aromatic N) is 2. The summed E-state index contributed by atoms with van der Waals surface area (Å²) in [5, 5.41) is 7.37. The van der Waals surface area contributed by atoms with Gasteiger partial charge in [0.2, 0.25) is 5.89 Å². The van der Waals surface area contributed by atoms with Crippen molar-refractivity contribution in [2.75, 3.05) is 0 Å². The Balaban J connectivity index is 2.74. The first-order valence-corrected chi connectivity index (χ1v) is 3.50. The monoisotopic (exact) mass is 150 g/mol. The van der Waals surface area contributed by atoms with Crippen molar-refractivity contribution in [3.05, 3.63) is 11.8 Å². The third kappa shape index (κ3) is 2.42. The van der Waals surface area contributed by atoms with Crippen molar-refractivity contribution in [2.24, 2.45) is 5.92 Å². The topological polar surface area (TPSA) is 38.9 Å². The quantitative estimate of drug-likeness (QED) is 0.524. The van der Waals surface area contributed by atoms with Crippen LogP contribution in [0.3, 0.4) is 0 Å². The van der Waals surface area contributed by atoms with E-state index in [2.05, 4.69) is 22.0 Å². The highest BCUT2D eigenvalue weighted by Gasteiger charge is 1.95. The molecule has 0 amide bonds. The highest BCUT2D eigenvalue weighted by molar-refractivity contribution is 5.17. The zero-order valence-electron chi connectivity index (χ0n) is 6.88. The summed E-state index contributed by atoms with van der Waals surface area (Å²) >= 11 is 0. The maximum absolute atomic E-state index is 5.04. The lowest BCUT2D eigenvalue weighted by atomic mass is 10.2. The summed E-state index contributed by atoms with van der Waals surface area (Å²) < 4.78 is 5.04. The molecule has 1 heterocycles. The molecule has 0 saturated carbocycles. The zero-order chi connectivity index (χ0) is 8.27.